The van der Waals surface area contributed by atoms with Gasteiger partial charge in [-0.3, -0.25) is 9.59 Å². The molecule has 0 amide bonds. The fraction of sp³-hybridized carbons (Fsp3) is 0.733. The number of hydrogen-bond acceptors (Lipinski definition) is 8. The molecule has 0 aliphatic carbocycles. The summed E-state index contributed by atoms with van der Waals surface area (Å²) in [4.78, 5) is 23.6. The van der Waals surface area contributed by atoms with E-state index >= 15 is 0 Å². The lowest BCUT2D eigenvalue weighted by Crippen LogP contribution is -2.20. The number of aromatic nitrogens is 8. The van der Waals surface area contributed by atoms with Crippen molar-refractivity contribution in [2.45, 2.75) is 70.9 Å². The van der Waals surface area contributed by atoms with E-state index in [2.05, 4.69) is 38.0 Å². The fourth-order valence-corrected chi connectivity index (χ4v) is 2.58. The predicted molar refractivity (Wildman–Crippen MR) is 87.3 cm³/mol. The minimum atomic E-state index is -0.256. The molecule has 10 nitrogen and oxygen atoms in total. The van der Waals surface area contributed by atoms with E-state index in [1.165, 1.54) is 12.7 Å². The Hall–Kier alpha value is -2.52. The standard InChI is InChI=1S/C15H24N8O2/c1-2-3-6-13(24)7-4-8-14(25)9-5-10-15(22-11-16-18-20-22)23-12-17-19-21-23/h11-12,15H,2-10H2,1H3. The summed E-state index contributed by atoms with van der Waals surface area (Å²) in [7, 11) is 0. The average molecular weight is 348 g/mol. The normalized spacial score (nSPS) is 11.1. The van der Waals surface area contributed by atoms with E-state index < -0.39 is 0 Å². The SMILES string of the molecule is CCCCC(=O)CCCC(=O)CCCC(n1cnnn1)n1cnnn1. The van der Waals surface area contributed by atoms with Crippen molar-refractivity contribution in [2.24, 2.45) is 0 Å². The van der Waals surface area contributed by atoms with E-state index in [1.807, 2.05) is 0 Å². The van der Waals surface area contributed by atoms with Crippen LogP contribution in [0.15, 0.2) is 12.7 Å². The maximum absolute atomic E-state index is 12.0. The molecule has 0 saturated heterocycles. The maximum atomic E-state index is 12.0. The van der Waals surface area contributed by atoms with Gasteiger partial charge in [-0.2, -0.15) is 0 Å². The Bertz CT molecular complexity index is 592. The summed E-state index contributed by atoms with van der Waals surface area (Å²) < 4.78 is 3.13. The second-order valence-corrected chi connectivity index (χ2v) is 5.99. The van der Waals surface area contributed by atoms with Gasteiger partial charge in [-0.05, 0) is 46.5 Å². The van der Waals surface area contributed by atoms with Crippen molar-refractivity contribution in [2.75, 3.05) is 0 Å². The Morgan fingerprint density at radius 1 is 0.840 bits per heavy atom. The lowest BCUT2D eigenvalue weighted by atomic mass is 10.0. The molecule has 0 N–H and O–H groups in total. The molecule has 0 aliphatic rings. The van der Waals surface area contributed by atoms with Gasteiger partial charge in [0.25, 0.3) is 0 Å². The highest BCUT2D eigenvalue weighted by molar-refractivity contribution is 5.81. The molecule has 2 aromatic rings. The van der Waals surface area contributed by atoms with Gasteiger partial charge in [-0.15, -0.1) is 10.2 Å². The lowest BCUT2D eigenvalue weighted by molar-refractivity contribution is -0.120. The molecular weight excluding hydrogens is 324 g/mol. The topological polar surface area (TPSA) is 121 Å². The van der Waals surface area contributed by atoms with Gasteiger partial charge < -0.3 is 0 Å². The Morgan fingerprint density at radius 2 is 1.36 bits per heavy atom. The molecule has 0 unspecified atom stereocenters. The molecule has 25 heavy (non-hydrogen) atoms. The van der Waals surface area contributed by atoms with Crippen molar-refractivity contribution in [3.05, 3.63) is 12.7 Å². The van der Waals surface area contributed by atoms with E-state index in [1.54, 1.807) is 9.36 Å². The number of hydrogen-bond donors (Lipinski definition) is 0. The van der Waals surface area contributed by atoms with Crippen LogP contribution in [0.3, 0.4) is 0 Å². The molecule has 2 heterocycles. The van der Waals surface area contributed by atoms with Crippen LogP contribution in [0.25, 0.3) is 0 Å². The van der Waals surface area contributed by atoms with Crippen LogP contribution in [0.5, 0.6) is 0 Å². The molecule has 0 bridgehead atoms. The molecule has 0 aromatic carbocycles. The third-order valence-corrected chi connectivity index (χ3v) is 3.98. The van der Waals surface area contributed by atoms with Crippen LogP contribution >= 0.6 is 0 Å². The Morgan fingerprint density at radius 3 is 1.84 bits per heavy atom. The van der Waals surface area contributed by atoms with Gasteiger partial charge in [-0.25, -0.2) is 9.36 Å². The number of Topliss-reactive ketones (excluding diaryl/α,β-unsaturated/α-hetero) is 2. The zero-order valence-electron chi connectivity index (χ0n) is 14.5. The number of carbonyl (C=O) groups excluding carboxylic acids is 2. The first-order valence-corrected chi connectivity index (χ1v) is 8.69. The summed E-state index contributed by atoms with van der Waals surface area (Å²) >= 11 is 0. The van der Waals surface area contributed by atoms with E-state index in [0.29, 0.717) is 44.9 Å². The second-order valence-electron chi connectivity index (χ2n) is 5.99. The zero-order valence-corrected chi connectivity index (χ0v) is 14.5. The molecule has 2 rings (SSSR count). The van der Waals surface area contributed by atoms with Crippen molar-refractivity contribution >= 4 is 11.6 Å². The minimum absolute atomic E-state index is 0.176. The third kappa shape index (κ3) is 6.48. The van der Waals surface area contributed by atoms with Gasteiger partial charge in [0.1, 0.15) is 24.2 Å². The van der Waals surface area contributed by atoms with Crippen molar-refractivity contribution in [3.8, 4) is 0 Å². The number of carbonyl (C=O) groups is 2. The van der Waals surface area contributed by atoms with Crippen LogP contribution in [0, 0.1) is 0 Å². The predicted octanol–water partition coefficient (Wildman–Crippen LogP) is 1.38. The van der Waals surface area contributed by atoms with Gasteiger partial charge in [0, 0.05) is 25.7 Å². The first-order valence-electron chi connectivity index (χ1n) is 8.69. The first-order chi connectivity index (χ1) is 12.2. The Labute approximate surface area is 146 Å². The number of nitrogens with zero attached hydrogens (tertiary/aromatic N) is 8. The molecule has 2 aromatic heterocycles. The van der Waals surface area contributed by atoms with Crippen LogP contribution in [0.4, 0.5) is 0 Å². The zero-order chi connectivity index (χ0) is 17.9. The molecular formula is C15H24N8O2. The monoisotopic (exact) mass is 348 g/mol. The van der Waals surface area contributed by atoms with Gasteiger partial charge >= 0.3 is 0 Å². The van der Waals surface area contributed by atoms with Crippen LogP contribution < -0.4 is 0 Å². The van der Waals surface area contributed by atoms with Crippen molar-refractivity contribution in [1.82, 2.24) is 40.4 Å². The largest absolute Gasteiger partial charge is 0.300 e. The van der Waals surface area contributed by atoms with E-state index in [0.717, 1.165) is 12.8 Å². The van der Waals surface area contributed by atoms with Crippen LogP contribution in [-0.2, 0) is 9.59 Å². The minimum Gasteiger partial charge on any atom is -0.300 e. The molecule has 0 atom stereocenters. The Balaban J connectivity index is 1.69. The number of rotatable bonds is 13. The maximum Gasteiger partial charge on any atom is 0.150 e. The molecule has 0 radical (unpaired) electrons. The highest BCUT2D eigenvalue weighted by atomic mass is 16.1. The van der Waals surface area contributed by atoms with E-state index in [9.17, 15) is 9.59 Å². The molecule has 0 aliphatic heterocycles. The second kappa shape index (κ2) is 10.4. The average Bonchev–Trinajstić information content (AvgIpc) is 3.30. The highest BCUT2D eigenvalue weighted by Gasteiger charge is 2.16. The van der Waals surface area contributed by atoms with Crippen LogP contribution in [0.2, 0.25) is 0 Å². The Kier molecular flexibility index (Phi) is 7.80. The van der Waals surface area contributed by atoms with Gasteiger partial charge in [-0.1, -0.05) is 13.3 Å². The van der Waals surface area contributed by atoms with Gasteiger partial charge in [0.2, 0.25) is 0 Å². The number of unbranched alkanes of at least 4 members (excludes halogenated alkanes) is 1. The summed E-state index contributed by atoms with van der Waals surface area (Å²) in [6.07, 6.45) is 8.70. The first kappa shape index (κ1) is 18.8. The summed E-state index contributed by atoms with van der Waals surface area (Å²) in [6, 6.07) is 0. The van der Waals surface area contributed by atoms with Gasteiger partial charge in [0.15, 0.2) is 6.17 Å². The molecule has 0 spiro atoms. The van der Waals surface area contributed by atoms with Crippen molar-refractivity contribution in [3.63, 3.8) is 0 Å². The molecule has 136 valence electrons. The molecule has 0 saturated carbocycles. The molecule has 0 fully saturated rings. The molecule has 10 heteroatoms. The fourth-order valence-electron chi connectivity index (χ4n) is 2.58. The lowest BCUT2D eigenvalue weighted by Gasteiger charge is -2.15. The smallest absolute Gasteiger partial charge is 0.150 e. The highest BCUT2D eigenvalue weighted by Crippen LogP contribution is 2.15. The van der Waals surface area contributed by atoms with E-state index in [-0.39, 0.29) is 17.7 Å². The van der Waals surface area contributed by atoms with Gasteiger partial charge in [0.05, 0.1) is 0 Å². The number of tetrazole rings is 2. The van der Waals surface area contributed by atoms with Crippen molar-refractivity contribution in [1.29, 1.82) is 0 Å². The van der Waals surface area contributed by atoms with Crippen molar-refractivity contribution < 1.29 is 9.59 Å². The quantitative estimate of drug-likeness (QED) is 0.532. The van der Waals surface area contributed by atoms with Crippen LogP contribution in [-0.4, -0.2) is 52.0 Å². The summed E-state index contributed by atoms with van der Waals surface area (Å²) in [5, 5.41) is 22.3. The summed E-state index contributed by atoms with van der Waals surface area (Å²) in [6.45, 7) is 2.06. The third-order valence-electron chi connectivity index (χ3n) is 3.98. The summed E-state index contributed by atoms with van der Waals surface area (Å²) in [5.41, 5.74) is 0. The van der Waals surface area contributed by atoms with Crippen LogP contribution in [0.1, 0.15) is 70.9 Å². The summed E-state index contributed by atoms with van der Waals surface area (Å²) in [5.74, 6) is 0.433. The van der Waals surface area contributed by atoms with E-state index in [4.69, 9.17) is 0 Å². The number of ketones is 2.